The molecule has 0 amide bonds. The van der Waals surface area contributed by atoms with E-state index in [9.17, 15) is 4.39 Å². The molecule has 6 heteroatoms. The zero-order valence-corrected chi connectivity index (χ0v) is 11.2. The summed E-state index contributed by atoms with van der Waals surface area (Å²) in [5.74, 6) is 1.19. The molecule has 0 aliphatic carbocycles. The first-order valence-electron chi connectivity index (χ1n) is 6.87. The molecule has 1 aliphatic heterocycles. The van der Waals surface area contributed by atoms with Gasteiger partial charge in [-0.1, -0.05) is 12.1 Å². The minimum Gasteiger partial charge on any atom is -0.338 e. The van der Waals surface area contributed by atoms with Crippen LogP contribution in [0.4, 0.5) is 10.3 Å². The summed E-state index contributed by atoms with van der Waals surface area (Å²) in [7, 11) is 0. The number of nitrogens with two attached hydrogens (primary N) is 1. The number of benzene rings is 1. The van der Waals surface area contributed by atoms with Crippen LogP contribution in [0.3, 0.4) is 0 Å². The van der Waals surface area contributed by atoms with Gasteiger partial charge in [0.2, 0.25) is 5.95 Å². The topological polar surface area (TPSA) is 70.8 Å². The normalized spacial score (nSPS) is 19.3. The van der Waals surface area contributed by atoms with Crippen molar-refractivity contribution in [2.24, 2.45) is 5.73 Å². The predicted octanol–water partition coefficient (Wildman–Crippen LogP) is 1.46. The van der Waals surface area contributed by atoms with Gasteiger partial charge in [-0.05, 0) is 30.5 Å². The van der Waals surface area contributed by atoms with Crippen LogP contribution in [0.5, 0.6) is 0 Å². The number of rotatable bonds is 3. The average Bonchev–Trinajstić information content (AvgIpc) is 2.87. The number of hydrogen-bond donors (Lipinski definition) is 2. The molecule has 1 fully saturated rings. The van der Waals surface area contributed by atoms with Gasteiger partial charge in [0.05, 0.1) is 0 Å². The van der Waals surface area contributed by atoms with Crippen LogP contribution < -0.4 is 10.6 Å². The molecule has 1 aromatic carbocycles. The molecule has 106 valence electrons. The number of aromatic amines is 1. The number of anilines is 1. The van der Waals surface area contributed by atoms with Crippen LogP contribution in [-0.4, -0.2) is 34.3 Å². The maximum Gasteiger partial charge on any atom is 0.244 e. The average molecular weight is 275 g/mol. The maximum absolute atomic E-state index is 13.1. The Balaban J connectivity index is 1.70. The fourth-order valence-electron chi connectivity index (χ4n) is 2.54. The van der Waals surface area contributed by atoms with Crippen LogP contribution in [0, 0.1) is 5.82 Å². The third-order valence-corrected chi connectivity index (χ3v) is 3.52. The highest BCUT2D eigenvalue weighted by Crippen LogP contribution is 2.16. The van der Waals surface area contributed by atoms with E-state index in [1.54, 1.807) is 6.07 Å². The molecule has 2 aromatic rings. The van der Waals surface area contributed by atoms with Gasteiger partial charge in [-0.15, -0.1) is 5.10 Å². The minimum atomic E-state index is -0.232. The Hall–Kier alpha value is -1.95. The lowest BCUT2D eigenvalue weighted by Crippen LogP contribution is -2.43. The van der Waals surface area contributed by atoms with E-state index in [1.807, 2.05) is 6.07 Å². The van der Waals surface area contributed by atoms with Crippen molar-refractivity contribution in [3.05, 3.63) is 41.5 Å². The second kappa shape index (κ2) is 5.58. The van der Waals surface area contributed by atoms with Crippen molar-refractivity contribution in [1.82, 2.24) is 15.2 Å². The number of nitrogens with one attached hydrogen (secondary N) is 1. The van der Waals surface area contributed by atoms with Crippen LogP contribution in [0.2, 0.25) is 0 Å². The third-order valence-electron chi connectivity index (χ3n) is 3.52. The van der Waals surface area contributed by atoms with Gasteiger partial charge in [-0.3, -0.25) is 5.10 Å². The third kappa shape index (κ3) is 2.96. The first-order chi connectivity index (χ1) is 9.70. The molecule has 3 rings (SSSR count). The second-order valence-electron chi connectivity index (χ2n) is 5.24. The molecule has 1 atom stereocenters. The highest BCUT2D eigenvalue weighted by molar-refractivity contribution is 5.31. The minimum absolute atomic E-state index is 0.189. The molecule has 2 heterocycles. The molecule has 1 saturated heterocycles. The van der Waals surface area contributed by atoms with Crippen molar-refractivity contribution < 1.29 is 4.39 Å². The van der Waals surface area contributed by atoms with Crippen LogP contribution in [0.25, 0.3) is 0 Å². The van der Waals surface area contributed by atoms with Gasteiger partial charge in [0.15, 0.2) is 0 Å². The quantitative estimate of drug-likeness (QED) is 0.889. The van der Waals surface area contributed by atoms with Crippen LogP contribution >= 0.6 is 0 Å². The molecule has 20 heavy (non-hydrogen) atoms. The highest BCUT2D eigenvalue weighted by Gasteiger charge is 2.20. The lowest BCUT2D eigenvalue weighted by atomic mass is 10.1. The molecule has 0 spiro atoms. The van der Waals surface area contributed by atoms with E-state index >= 15 is 0 Å². The van der Waals surface area contributed by atoms with Crippen molar-refractivity contribution in [3.63, 3.8) is 0 Å². The number of nitrogens with zero attached hydrogens (tertiary/aromatic N) is 3. The largest absolute Gasteiger partial charge is 0.338 e. The Morgan fingerprint density at radius 1 is 1.45 bits per heavy atom. The Kier molecular flexibility index (Phi) is 3.64. The van der Waals surface area contributed by atoms with Crippen molar-refractivity contribution >= 4 is 5.95 Å². The first kappa shape index (κ1) is 13.1. The van der Waals surface area contributed by atoms with Crippen LogP contribution in [-0.2, 0) is 6.42 Å². The van der Waals surface area contributed by atoms with Gasteiger partial charge in [-0.25, -0.2) is 4.39 Å². The van der Waals surface area contributed by atoms with E-state index in [-0.39, 0.29) is 11.9 Å². The van der Waals surface area contributed by atoms with Gasteiger partial charge < -0.3 is 10.6 Å². The van der Waals surface area contributed by atoms with Crippen LogP contribution in [0.1, 0.15) is 24.2 Å². The monoisotopic (exact) mass is 275 g/mol. The Bertz CT molecular complexity index is 582. The van der Waals surface area contributed by atoms with Crippen LogP contribution in [0.15, 0.2) is 24.3 Å². The zero-order chi connectivity index (χ0) is 13.9. The summed E-state index contributed by atoms with van der Waals surface area (Å²) in [4.78, 5) is 6.57. The first-order valence-corrected chi connectivity index (χ1v) is 6.87. The Labute approximate surface area is 117 Å². The van der Waals surface area contributed by atoms with Gasteiger partial charge in [0, 0.05) is 25.6 Å². The van der Waals surface area contributed by atoms with E-state index in [0.29, 0.717) is 12.4 Å². The van der Waals surface area contributed by atoms with Gasteiger partial charge in [0.25, 0.3) is 0 Å². The number of aromatic nitrogens is 3. The van der Waals surface area contributed by atoms with Gasteiger partial charge in [0.1, 0.15) is 11.6 Å². The standard InChI is InChI=1S/C14H18FN5/c15-11-4-1-3-10(7-11)8-13-17-14(19-18-13)20-6-2-5-12(16)9-20/h1,3-4,7,12H,2,5-6,8-9,16H2,(H,17,18,19). The summed E-state index contributed by atoms with van der Waals surface area (Å²) in [5, 5.41) is 7.15. The summed E-state index contributed by atoms with van der Waals surface area (Å²) in [6, 6.07) is 6.71. The van der Waals surface area contributed by atoms with Crippen molar-refractivity contribution in [1.29, 1.82) is 0 Å². The van der Waals surface area contributed by atoms with E-state index < -0.39 is 0 Å². The number of halogens is 1. The Morgan fingerprint density at radius 2 is 2.35 bits per heavy atom. The lowest BCUT2D eigenvalue weighted by molar-refractivity contribution is 0.500. The molecule has 0 radical (unpaired) electrons. The second-order valence-corrected chi connectivity index (χ2v) is 5.24. The lowest BCUT2D eigenvalue weighted by Gasteiger charge is -2.29. The summed E-state index contributed by atoms with van der Waals surface area (Å²) in [5.41, 5.74) is 6.84. The predicted molar refractivity (Wildman–Crippen MR) is 75.0 cm³/mol. The number of hydrogen-bond acceptors (Lipinski definition) is 4. The van der Waals surface area contributed by atoms with Gasteiger partial charge in [-0.2, -0.15) is 4.98 Å². The Morgan fingerprint density at radius 3 is 3.15 bits per heavy atom. The van der Waals surface area contributed by atoms with Crippen molar-refractivity contribution in [2.75, 3.05) is 18.0 Å². The summed E-state index contributed by atoms with van der Waals surface area (Å²) < 4.78 is 13.1. The smallest absolute Gasteiger partial charge is 0.244 e. The molecule has 5 nitrogen and oxygen atoms in total. The molecular formula is C14H18FN5. The fraction of sp³-hybridized carbons (Fsp3) is 0.429. The van der Waals surface area contributed by atoms with Crippen molar-refractivity contribution in [3.8, 4) is 0 Å². The molecule has 0 saturated carbocycles. The molecule has 1 unspecified atom stereocenters. The highest BCUT2D eigenvalue weighted by atomic mass is 19.1. The summed E-state index contributed by atoms with van der Waals surface area (Å²) >= 11 is 0. The molecular weight excluding hydrogens is 257 g/mol. The molecule has 1 aliphatic rings. The summed E-state index contributed by atoms with van der Waals surface area (Å²) in [6.07, 6.45) is 2.66. The number of H-pyrrole nitrogens is 1. The van der Waals surface area contributed by atoms with E-state index in [0.717, 1.165) is 37.3 Å². The fourth-order valence-corrected chi connectivity index (χ4v) is 2.54. The number of piperidine rings is 1. The summed E-state index contributed by atoms with van der Waals surface area (Å²) in [6.45, 7) is 1.72. The van der Waals surface area contributed by atoms with E-state index in [1.165, 1.54) is 12.1 Å². The van der Waals surface area contributed by atoms with Gasteiger partial charge >= 0.3 is 0 Å². The SMILES string of the molecule is NC1CCCN(c2n[nH]c(Cc3cccc(F)c3)n2)C1. The van der Waals surface area contributed by atoms with Crippen molar-refractivity contribution in [2.45, 2.75) is 25.3 Å². The zero-order valence-electron chi connectivity index (χ0n) is 11.2. The molecule has 0 bridgehead atoms. The molecule has 3 N–H and O–H groups in total. The van der Waals surface area contributed by atoms with E-state index in [4.69, 9.17) is 5.73 Å². The van der Waals surface area contributed by atoms with E-state index in [2.05, 4.69) is 20.1 Å². The molecule has 1 aromatic heterocycles. The maximum atomic E-state index is 13.1.